The average Bonchev–Trinajstić information content (AvgIpc) is 2.69. The third-order valence-electron chi connectivity index (χ3n) is 3.97. The molecule has 4 rings (SSSR count). The Balaban J connectivity index is 1.72. The number of fused-ring (bicyclic) bond motifs is 1. The highest BCUT2D eigenvalue weighted by Crippen LogP contribution is 2.26. The summed E-state index contributed by atoms with van der Waals surface area (Å²) >= 11 is 5.89. The highest BCUT2D eigenvalue weighted by Gasteiger charge is 2.11. The molecule has 0 aliphatic carbocycles. The van der Waals surface area contributed by atoms with Gasteiger partial charge in [-0.15, -0.1) is 0 Å². The van der Waals surface area contributed by atoms with Gasteiger partial charge in [-0.3, -0.25) is 5.43 Å². The number of anilines is 1. The van der Waals surface area contributed by atoms with Gasteiger partial charge in [-0.05, 0) is 42.0 Å². The first-order valence-corrected chi connectivity index (χ1v) is 8.65. The van der Waals surface area contributed by atoms with E-state index in [2.05, 4.69) is 20.5 Å². The Morgan fingerprint density at radius 2 is 1.63 bits per heavy atom. The van der Waals surface area contributed by atoms with Gasteiger partial charge in [0.05, 0.1) is 17.3 Å². The Hall–Kier alpha value is -3.31. The number of nitrogens with one attached hydrogen (secondary N) is 1. The highest BCUT2D eigenvalue weighted by atomic mass is 35.5. The SMILES string of the molecule is Fc1ccccc1-c1nc(N/N=C\c2ccc(Cl)cc2)c2ccccc2n1. The minimum atomic E-state index is -0.372. The Morgan fingerprint density at radius 1 is 0.889 bits per heavy atom. The number of nitrogens with zero attached hydrogens (tertiary/aromatic N) is 3. The average molecular weight is 377 g/mol. The van der Waals surface area contributed by atoms with Gasteiger partial charge in [0.15, 0.2) is 11.6 Å². The van der Waals surface area contributed by atoms with E-state index in [4.69, 9.17) is 11.6 Å². The molecule has 27 heavy (non-hydrogen) atoms. The molecule has 0 aliphatic rings. The number of aromatic nitrogens is 2. The summed E-state index contributed by atoms with van der Waals surface area (Å²) in [7, 11) is 0. The quantitative estimate of drug-likeness (QED) is 0.376. The van der Waals surface area contributed by atoms with E-state index >= 15 is 0 Å². The number of para-hydroxylation sites is 1. The Bertz CT molecular complexity index is 1130. The first-order chi connectivity index (χ1) is 13.2. The maximum absolute atomic E-state index is 14.2. The molecular weight excluding hydrogens is 363 g/mol. The molecule has 0 amide bonds. The van der Waals surface area contributed by atoms with Gasteiger partial charge in [-0.2, -0.15) is 5.10 Å². The predicted octanol–water partition coefficient (Wildman–Crippen LogP) is 5.54. The largest absolute Gasteiger partial charge is 0.261 e. The zero-order chi connectivity index (χ0) is 18.6. The van der Waals surface area contributed by atoms with E-state index in [1.54, 1.807) is 36.5 Å². The summed E-state index contributed by atoms with van der Waals surface area (Å²) in [6.07, 6.45) is 1.66. The second kappa shape index (κ2) is 7.51. The van der Waals surface area contributed by atoms with Crippen LogP contribution >= 0.6 is 11.6 Å². The van der Waals surface area contributed by atoms with Crippen LogP contribution in [0.3, 0.4) is 0 Å². The van der Waals surface area contributed by atoms with E-state index in [1.807, 2.05) is 36.4 Å². The van der Waals surface area contributed by atoms with Crippen LogP contribution in [0.1, 0.15) is 5.56 Å². The molecule has 1 heterocycles. The molecule has 0 radical (unpaired) electrons. The van der Waals surface area contributed by atoms with E-state index in [0.29, 0.717) is 27.7 Å². The highest BCUT2D eigenvalue weighted by molar-refractivity contribution is 6.30. The van der Waals surface area contributed by atoms with E-state index in [0.717, 1.165) is 10.9 Å². The number of rotatable bonds is 4. The summed E-state index contributed by atoms with van der Waals surface area (Å²) in [5.41, 5.74) is 4.88. The van der Waals surface area contributed by atoms with Crippen molar-refractivity contribution in [1.29, 1.82) is 0 Å². The minimum absolute atomic E-state index is 0.302. The molecule has 1 aromatic heterocycles. The number of halogens is 2. The van der Waals surface area contributed by atoms with Gasteiger partial charge in [-0.25, -0.2) is 14.4 Å². The molecule has 6 heteroatoms. The lowest BCUT2D eigenvalue weighted by Crippen LogP contribution is -2.00. The zero-order valence-electron chi connectivity index (χ0n) is 14.1. The van der Waals surface area contributed by atoms with Crippen molar-refractivity contribution in [3.8, 4) is 11.4 Å². The van der Waals surface area contributed by atoms with Crippen LogP contribution in [0.15, 0.2) is 77.9 Å². The lowest BCUT2D eigenvalue weighted by atomic mass is 10.1. The topological polar surface area (TPSA) is 50.2 Å². The number of hydrogen-bond donors (Lipinski definition) is 1. The lowest BCUT2D eigenvalue weighted by molar-refractivity contribution is 0.630. The smallest absolute Gasteiger partial charge is 0.165 e. The van der Waals surface area contributed by atoms with Crippen molar-refractivity contribution in [3.05, 3.63) is 89.2 Å². The molecule has 4 aromatic rings. The van der Waals surface area contributed by atoms with Crippen molar-refractivity contribution in [2.45, 2.75) is 0 Å². The summed E-state index contributed by atoms with van der Waals surface area (Å²) < 4.78 is 14.2. The summed E-state index contributed by atoms with van der Waals surface area (Å²) in [5.74, 6) is 0.434. The lowest BCUT2D eigenvalue weighted by Gasteiger charge is -2.08. The molecule has 0 fully saturated rings. The van der Waals surface area contributed by atoms with Crippen LogP contribution < -0.4 is 5.43 Å². The van der Waals surface area contributed by atoms with Crippen LogP contribution in [-0.4, -0.2) is 16.2 Å². The van der Waals surface area contributed by atoms with E-state index in [9.17, 15) is 4.39 Å². The van der Waals surface area contributed by atoms with E-state index in [-0.39, 0.29) is 5.82 Å². The van der Waals surface area contributed by atoms with Crippen LogP contribution in [0, 0.1) is 5.82 Å². The van der Waals surface area contributed by atoms with Crippen LogP contribution in [-0.2, 0) is 0 Å². The van der Waals surface area contributed by atoms with Gasteiger partial charge in [0, 0.05) is 10.4 Å². The third kappa shape index (κ3) is 3.78. The predicted molar refractivity (Wildman–Crippen MR) is 108 cm³/mol. The van der Waals surface area contributed by atoms with Gasteiger partial charge in [0.25, 0.3) is 0 Å². The molecule has 0 aliphatic heterocycles. The molecule has 132 valence electrons. The first-order valence-electron chi connectivity index (χ1n) is 8.27. The van der Waals surface area contributed by atoms with Crippen molar-refractivity contribution in [2.75, 3.05) is 5.43 Å². The van der Waals surface area contributed by atoms with Crippen molar-refractivity contribution >= 4 is 34.5 Å². The molecule has 0 atom stereocenters. The standard InChI is InChI=1S/C21H14ClFN4/c22-15-11-9-14(10-12-15)13-24-27-21-17-6-2-4-8-19(17)25-20(26-21)16-5-1-3-7-18(16)23/h1-13H,(H,25,26,27)/b24-13-. The van der Waals surface area contributed by atoms with E-state index < -0.39 is 0 Å². The van der Waals surface area contributed by atoms with Crippen LogP contribution in [0.5, 0.6) is 0 Å². The van der Waals surface area contributed by atoms with Crippen LogP contribution in [0.2, 0.25) is 5.02 Å². The summed E-state index contributed by atoms with van der Waals surface area (Å²) in [6.45, 7) is 0. The van der Waals surface area contributed by atoms with Crippen LogP contribution in [0.25, 0.3) is 22.3 Å². The molecular formula is C21H14ClFN4. The summed E-state index contributed by atoms with van der Waals surface area (Å²) in [5, 5.41) is 5.71. The van der Waals surface area contributed by atoms with Crippen molar-refractivity contribution in [2.24, 2.45) is 5.10 Å². The summed E-state index contributed by atoms with van der Waals surface area (Å²) in [4.78, 5) is 8.97. The Morgan fingerprint density at radius 3 is 2.44 bits per heavy atom. The second-order valence-electron chi connectivity index (χ2n) is 5.81. The monoisotopic (exact) mass is 376 g/mol. The second-order valence-corrected chi connectivity index (χ2v) is 6.25. The molecule has 0 bridgehead atoms. The fourth-order valence-corrected chi connectivity index (χ4v) is 2.77. The maximum atomic E-state index is 14.2. The zero-order valence-corrected chi connectivity index (χ0v) is 14.9. The fourth-order valence-electron chi connectivity index (χ4n) is 2.64. The van der Waals surface area contributed by atoms with Crippen molar-refractivity contribution < 1.29 is 4.39 Å². The van der Waals surface area contributed by atoms with Gasteiger partial charge in [-0.1, -0.05) is 48.0 Å². The van der Waals surface area contributed by atoms with Gasteiger partial charge in [0.2, 0.25) is 0 Å². The Labute approximate surface area is 160 Å². The van der Waals surface area contributed by atoms with Gasteiger partial charge in [0.1, 0.15) is 5.82 Å². The third-order valence-corrected chi connectivity index (χ3v) is 4.22. The number of benzene rings is 3. The van der Waals surface area contributed by atoms with Gasteiger partial charge < -0.3 is 0 Å². The molecule has 0 unspecified atom stereocenters. The van der Waals surface area contributed by atoms with Crippen LogP contribution in [0.4, 0.5) is 10.2 Å². The molecule has 3 aromatic carbocycles. The van der Waals surface area contributed by atoms with Crippen molar-refractivity contribution in [1.82, 2.24) is 9.97 Å². The number of hydrogen-bond acceptors (Lipinski definition) is 4. The normalized spacial score (nSPS) is 11.2. The van der Waals surface area contributed by atoms with Crippen molar-refractivity contribution in [3.63, 3.8) is 0 Å². The van der Waals surface area contributed by atoms with Gasteiger partial charge >= 0.3 is 0 Å². The molecule has 0 saturated carbocycles. The first kappa shape index (κ1) is 17.1. The maximum Gasteiger partial charge on any atom is 0.165 e. The number of hydrazone groups is 1. The molecule has 1 N–H and O–H groups in total. The minimum Gasteiger partial charge on any atom is -0.261 e. The molecule has 0 spiro atoms. The molecule has 4 nitrogen and oxygen atoms in total. The summed E-state index contributed by atoms with van der Waals surface area (Å²) in [6, 6.07) is 21.2. The molecule has 0 saturated heterocycles. The van der Waals surface area contributed by atoms with E-state index in [1.165, 1.54) is 6.07 Å². The Kier molecular flexibility index (Phi) is 4.77. The fraction of sp³-hybridized carbons (Fsp3) is 0.